The fourth-order valence-electron chi connectivity index (χ4n) is 3.72. The van der Waals surface area contributed by atoms with E-state index in [0.29, 0.717) is 10.4 Å². The number of hydrogen-bond donors (Lipinski definition) is 0. The predicted octanol–water partition coefficient (Wildman–Crippen LogP) is 4.21. The third-order valence-corrected chi connectivity index (χ3v) is 9.41. The first-order valence-corrected chi connectivity index (χ1v) is 14.1. The minimum absolute atomic E-state index is 0.0908. The standard InChI is InChI=1S/C23H27N3O3S3/c1-15-13-16(2)21-20(14-15)26(11-12-30-4)23(31-21)24-22(27)17-5-9-19(10-6-17)32(28,29)25(3)18-7-8-18/h5-6,9-10,13-14,18H,7-8,11-12H2,1-4H3. The third kappa shape index (κ3) is 4.57. The molecule has 1 aromatic heterocycles. The van der Waals surface area contributed by atoms with Gasteiger partial charge in [0.25, 0.3) is 5.91 Å². The van der Waals surface area contributed by atoms with Gasteiger partial charge in [-0.2, -0.15) is 21.1 Å². The zero-order valence-electron chi connectivity index (χ0n) is 18.7. The fraction of sp³-hybridized carbons (Fsp3) is 0.391. The second-order valence-corrected chi connectivity index (χ2v) is 12.1. The molecule has 4 rings (SSSR count). The molecule has 170 valence electrons. The Kier molecular flexibility index (Phi) is 6.63. The van der Waals surface area contributed by atoms with Crippen molar-refractivity contribution in [2.24, 2.45) is 4.99 Å². The highest BCUT2D eigenvalue weighted by Gasteiger charge is 2.35. The van der Waals surface area contributed by atoms with Gasteiger partial charge in [-0.25, -0.2) is 8.42 Å². The van der Waals surface area contributed by atoms with E-state index in [1.165, 1.54) is 38.9 Å². The van der Waals surface area contributed by atoms with E-state index < -0.39 is 10.0 Å². The lowest BCUT2D eigenvalue weighted by atomic mass is 10.1. The Morgan fingerprint density at radius 1 is 1.22 bits per heavy atom. The average Bonchev–Trinajstić information content (AvgIpc) is 3.55. The van der Waals surface area contributed by atoms with Crippen LogP contribution in [0, 0.1) is 13.8 Å². The van der Waals surface area contributed by atoms with Crippen LogP contribution >= 0.6 is 23.1 Å². The first-order valence-electron chi connectivity index (χ1n) is 10.5. The zero-order chi connectivity index (χ0) is 23.0. The molecular weight excluding hydrogens is 462 g/mol. The summed E-state index contributed by atoms with van der Waals surface area (Å²) in [5.41, 5.74) is 3.82. The average molecular weight is 490 g/mol. The van der Waals surface area contributed by atoms with Gasteiger partial charge in [0.05, 0.1) is 15.1 Å². The number of carbonyl (C=O) groups excluding carboxylic acids is 1. The van der Waals surface area contributed by atoms with Crippen LogP contribution in [0.1, 0.15) is 34.3 Å². The largest absolute Gasteiger partial charge is 0.315 e. The number of thiazole rings is 1. The number of amides is 1. The van der Waals surface area contributed by atoms with Gasteiger partial charge < -0.3 is 4.57 Å². The smallest absolute Gasteiger partial charge is 0.279 e. The minimum atomic E-state index is -3.53. The minimum Gasteiger partial charge on any atom is -0.315 e. The summed E-state index contributed by atoms with van der Waals surface area (Å²) in [6.45, 7) is 4.91. The Morgan fingerprint density at radius 3 is 2.53 bits per heavy atom. The molecule has 0 spiro atoms. The highest BCUT2D eigenvalue weighted by molar-refractivity contribution is 7.98. The van der Waals surface area contributed by atoms with Crippen molar-refractivity contribution in [1.29, 1.82) is 0 Å². The van der Waals surface area contributed by atoms with Gasteiger partial charge in [-0.15, -0.1) is 0 Å². The molecule has 1 amide bonds. The van der Waals surface area contributed by atoms with Gasteiger partial charge in [0.1, 0.15) is 0 Å². The van der Waals surface area contributed by atoms with Crippen LogP contribution in [0.2, 0.25) is 0 Å². The Labute approximate surface area is 197 Å². The molecule has 0 radical (unpaired) electrons. The lowest BCUT2D eigenvalue weighted by Gasteiger charge is -2.16. The number of hydrogen-bond acceptors (Lipinski definition) is 5. The van der Waals surface area contributed by atoms with Crippen LogP contribution in [0.4, 0.5) is 0 Å². The number of nitrogens with zero attached hydrogens (tertiary/aromatic N) is 3. The van der Waals surface area contributed by atoms with E-state index >= 15 is 0 Å². The van der Waals surface area contributed by atoms with E-state index in [1.807, 2.05) is 0 Å². The van der Waals surface area contributed by atoms with E-state index in [-0.39, 0.29) is 16.8 Å². The van der Waals surface area contributed by atoms with Crippen molar-refractivity contribution in [3.05, 3.63) is 57.9 Å². The first-order chi connectivity index (χ1) is 15.2. The van der Waals surface area contributed by atoms with Crippen molar-refractivity contribution in [2.75, 3.05) is 19.1 Å². The number of carbonyl (C=O) groups is 1. The fourth-order valence-corrected chi connectivity index (χ4v) is 6.60. The summed E-state index contributed by atoms with van der Waals surface area (Å²) in [4.78, 5) is 18.2. The molecule has 0 aliphatic heterocycles. The number of thioether (sulfide) groups is 1. The van der Waals surface area contributed by atoms with Crippen LogP contribution < -0.4 is 4.80 Å². The zero-order valence-corrected chi connectivity index (χ0v) is 21.1. The molecule has 1 saturated carbocycles. The van der Waals surface area contributed by atoms with Crippen LogP contribution in [0.5, 0.6) is 0 Å². The summed E-state index contributed by atoms with van der Waals surface area (Å²) < 4.78 is 30.1. The summed E-state index contributed by atoms with van der Waals surface area (Å²) in [7, 11) is -1.92. The molecule has 0 N–H and O–H groups in total. The van der Waals surface area contributed by atoms with Gasteiger partial charge >= 0.3 is 0 Å². The molecule has 1 aliphatic rings. The predicted molar refractivity (Wildman–Crippen MR) is 132 cm³/mol. The Hall–Kier alpha value is -1.94. The first kappa shape index (κ1) is 23.2. The summed E-state index contributed by atoms with van der Waals surface area (Å²) in [5.74, 6) is 0.546. The van der Waals surface area contributed by atoms with Crippen molar-refractivity contribution in [3.63, 3.8) is 0 Å². The molecule has 1 fully saturated rings. The van der Waals surface area contributed by atoms with Gasteiger partial charge in [-0.05, 0) is 74.4 Å². The van der Waals surface area contributed by atoms with Crippen LogP contribution in [0.25, 0.3) is 10.2 Å². The van der Waals surface area contributed by atoms with E-state index in [1.54, 1.807) is 30.9 Å². The number of sulfonamides is 1. The van der Waals surface area contributed by atoms with Gasteiger partial charge in [0, 0.05) is 31.0 Å². The lowest BCUT2D eigenvalue weighted by molar-refractivity contribution is 0.0997. The maximum Gasteiger partial charge on any atom is 0.279 e. The van der Waals surface area contributed by atoms with Crippen molar-refractivity contribution >= 4 is 49.2 Å². The van der Waals surface area contributed by atoms with E-state index in [4.69, 9.17) is 0 Å². The monoisotopic (exact) mass is 489 g/mol. The number of fused-ring (bicyclic) bond motifs is 1. The normalized spacial score (nSPS) is 15.1. The van der Waals surface area contributed by atoms with Crippen molar-refractivity contribution in [1.82, 2.24) is 8.87 Å². The molecule has 6 nitrogen and oxygen atoms in total. The highest BCUT2D eigenvalue weighted by atomic mass is 32.2. The maximum absolute atomic E-state index is 12.9. The maximum atomic E-state index is 12.9. The second kappa shape index (κ2) is 9.13. The van der Waals surface area contributed by atoms with E-state index in [0.717, 1.165) is 35.4 Å². The van der Waals surface area contributed by atoms with Crippen LogP contribution in [-0.2, 0) is 16.6 Å². The number of benzene rings is 2. The van der Waals surface area contributed by atoms with Gasteiger partial charge in [-0.3, -0.25) is 4.79 Å². The molecule has 32 heavy (non-hydrogen) atoms. The van der Waals surface area contributed by atoms with Gasteiger partial charge in [-0.1, -0.05) is 17.4 Å². The number of rotatable bonds is 7. The van der Waals surface area contributed by atoms with Crippen molar-refractivity contribution in [2.45, 2.75) is 44.2 Å². The van der Waals surface area contributed by atoms with Crippen molar-refractivity contribution < 1.29 is 13.2 Å². The second-order valence-electron chi connectivity index (χ2n) is 8.15. The number of aromatic nitrogens is 1. The molecule has 1 aliphatic carbocycles. The molecule has 2 aromatic carbocycles. The third-order valence-electron chi connectivity index (χ3n) is 5.67. The van der Waals surface area contributed by atoms with Crippen LogP contribution in [0.15, 0.2) is 46.3 Å². The summed E-state index contributed by atoms with van der Waals surface area (Å²) in [6, 6.07) is 10.5. The number of aryl methyl sites for hydroxylation is 3. The van der Waals surface area contributed by atoms with E-state index in [9.17, 15) is 13.2 Å². The lowest BCUT2D eigenvalue weighted by Crippen LogP contribution is -2.28. The molecule has 3 aromatic rings. The molecule has 0 bridgehead atoms. The van der Waals surface area contributed by atoms with Crippen LogP contribution in [-0.4, -0.2) is 48.3 Å². The van der Waals surface area contributed by atoms with Crippen LogP contribution in [0.3, 0.4) is 0 Å². The Bertz CT molecular complexity index is 1330. The summed E-state index contributed by atoms with van der Waals surface area (Å²) in [5, 5.41) is 0. The quantitative estimate of drug-likeness (QED) is 0.499. The molecule has 9 heteroatoms. The molecule has 0 unspecified atom stereocenters. The topological polar surface area (TPSA) is 71.7 Å². The molecular formula is C23H27N3O3S3. The Morgan fingerprint density at radius 2 is 1.91 bits per heavy atom. The summed E-state index contributed by atoms with van der Waals surface area (Å²) >= 11 is 3.27. The van der Waals surface area contributed by atoms with Gasteiger partial charge in [0.2, 0.25) is 10.0 Å². The molecule has 0 saturated heterocycles. The highest BCUT2D eigenvalue weighted by Crippen LogP contribution is 2.30. The van der Waals surface area contributed by atoms with Gasteiger partial charge in [0.15, 0.2) is 4.80 Å². The summed E-state index contributed by atoms with van der Waals surface area (Å²) in [6.07, 6.45) is 3.86. The molecule has 0 atom stereocenters. The van der Waals surface area contributed by atoms with Crippen molar-refractivity contribution in [3.8, 4) is 0 Å². The molecule has 1 heterocycles. The Balaban J connectivity index is 1.69. The van der Waals surface area contributed by atoms with E-state index in [2.05, 4.69) is 41.8 Å². The SMILES string of the molecule is CSCCn1c(=NC(=O)c2ccc(S(=O)(=O)N(C)C3CC3)cc2)sc2c(C)cc(C)cc21.